The van der Waals surface area contributed by atoms with E-state index in [4.69, 9.17) is 4.98 Å². The Morgan fingerprint density at radius 3 is 2.52 bits per heavy atom. The van der Waals surface area contributed by atoms with Crippen LogP contribution in [-0.4, -0.2) is 35.1 Å². The first-order valence-electron chi connectivity index (χ1n) is 7.19. The van der Waals surface area contributed by atoms with Gasteiger partial charge in [0.15, 0.2) is 0 Å². The van der Waals surface area contributed by atoms with E-state index < -0.39 is 0 Å². The van der Waals surface area contributed by atoms with E-state index in [2.05, 4.69) is 53.7 Å². The van der Waals surface area contributed by atoms with Crippen molar-refractivity contribution in [2.75, 3.05) is 13.1 Å². The molecule has 0 aliphatic carbocycles. The van der Waals surface area contributed by atoms with Crippen molar-refractivity contribution < 1.29 is 0 Å². The van der Waals surface area contributed by atoms with Gasteiger partial charge in [0.05, 0.1) is 5.69 Å². The van der Waals surface area contributed by atoms with Crippen LogP contribution >= 0.6 is 23.7 Å². The Labute approximate surface area is 136 Å². The predicted octanol–water partition coefficient (Wildman–Crippen LogP) is 3.41. The summed E-state index contributed by atoms with van der Waals surface area (Å²) < 4.78 is 0. The van der Waals surface area contributed by atoms with Gasteiger partial charge in [-0.25, -0.2) is 4.98 Å². The van der Waals surface area contributed by atoms with E-state index in [1.807, 2.05) is 6.07 Å². The van der Waals surface area contributed by atoms with Crippen LogP contribution in [0.1, 0.15) is 19.5 Å². The molecule has 0 amide bonds. The molecule has 2 aromatic rings. The lowest BCUT2D eigenvalue weighted by molar-refractivity contribution is 0.165. The smallest absolute Gasteiger partial charge is 0.123 e. The molecule has 3 rings (SSSR count). The van der Waals surface area contributed by atoms with Crippen molar-refractivity contribution in [3.63, 3.8) is 0 Å². The normalized spacial score (nSPS) is 22.8. The van der Waals surface area contributed by atoms with E-state index in [9.17, 15) is 0 Å². The average Bonchev–Trinajstić information content (AvgIpc) is 2.87. The number of piperazine rings is 1. The summed E-state index contributed by atoms with van der Waals surface area (Å²) in [6.07, 6.45) is 0. The van der Waals surface area contributed by atoms with Gasteiger partial charge in [-0.05, 0) is 13.8 Å². The lowest BCUT2D eigenvalue weighted by Gasteiger charge is -2.35. The summed E-state index contributed by atoms with van der Waals surface area (Å²) in [5.74, 6) is 0. The number of benzene rings is 1. The van der Waals surface area contributed by atoms with Gasteiger partial charge in [-0.2, -0.15) is 0 Å². The Bertz CT molecular complexity index is 548. The molecule has 0 radical (unpaired) electrons. The third-order valence-electron chi connectivity index (χ3n) is 3.59. The molecule has 1 saturated heterocycles. The van der Waals surface area contributed by atoms with Crippen molar-refractivity contribution in [2.24, 2.45) is 0 Å². The van der Waals surface area contributed by atoms with E-state index in [0.29, 0.717) is 12.1 Å². The number of rotatable bonds is 3. The molecule has 1 fully saturated rings. The quantitative estimate of drug-likeness (QED) is 0.938. The van der Waals surface area contributed by atoms with Crippen LogP contribution in [-0.2, 0) is 6.54 Å². The van der Waals surface area contributed by atoms with Crippen LogP contribution in [0.4, 0.5) is 0 Å². The van der Waals surface area contributed by atoms with E-state index in [-0.39, 0.29) is 12.4 Å². The molecule has 3 nitrogen and oxygen atoms in total. The highest BCUT2D eigenvalue weighted by atomic mass is 35.5. The van der Waals surface area contributed by atoms with Crippen molar-refractivity contribution in [1.82, 2.24) is 15.2 Å². The summed E-state index contributed by atoms with van der Waals surface area (Å²) in [5, 5.41) is 6.88. The summed E-state index contributed by atoms with van der Waals surface area (Å²) in [5.41, 5.74) is 2.40. The molecule has 1 aliphatic heterocycles. The minimum atomic E-state index is 0. The van der Waals surface area contributed by atoms with Gasteiger partial charge >= 0.3 is 0 Å². The Morgan fingerprint density at radius 2 is 1.86 bits per heavy atom. The number of thiazole rings is 1. The maximum absolute atomic E-state index is 4.78. The summed E-state index contributed by atoms with van der Waals surface area (Å²) >= 11 is 1.74. The third kappa shape index (κ3) is 4.27. The van der Waals surface area contributed by atoms with Gasteiger partial charge in [-0.3, -0.25) is 4.90 Å². The number of nitrogens with one attached hydrogen (secondary N) is 1. The van der Waals surface area contributed by atoms with E-state index in [0.717, 1.165) is 24.6 Å². The first kappa shape index (κ1) is 16.4. The predicted molar refractivity (Wildman–Crippen MR) is 92.1 cm³/mol. The van der Waals surface area contributed by atoms with Crippen molar-refractivity contribution in [3.05, 3.63) is 41.4 Å². The first-order valence-corrected chi connectivity index (χ1v) is 8.07. The molecule has 2 unspecified atom stereocenters. The fourth-order valence-electron chi connectivity index (χ4n) is 2.89. The molecule has 114 valence electrons. The van der Waals surface area contributed by atoms with Gasteiger partial charge in [-0.1, -0.05) is 30.3 Å². The van der Waals surface area contributed by atoms with Crippen LogP contribution in [0.15, 0.2) is 35.7 Å². The zero-order valence-corrected chi connectivity index (χ0v) is 14.1. The first-order chi connectivity index (χ1) is 9.70. The Balaban J connectivity index is 0.00000161. The van der Waals surface area contributed by atoms with Crippen LogP contribution in [0.3, 0.4) is 0 Å². The molecule has 0 spiro atoms. The molecule has 1 aliphatic rings. The number of nitrogens with zero attached hydrogens (tertiary/aromatic N) is 2. The van der Waals surface area contributed by atoms with Crippen molar-refractivity contribution in [3.8, 4) is 10.6 Å². The summed E-state index contributed by atoms with van der Waals surface area (Å²) in [6.45, 7) is 7.66. The van der Waals surface area contributed by atoms with Crippen LogP contribution in [0.2, 0.25) is 0 Å². The molecule has 0 saturated carbocycles. The highest BCUT2D eigenvalue weighted by molar-refractivity contribution is 7.13. The summed E-state index contributed by atoms with van der Waals surface area (Å²) in [4.78, 5) is 7.28. The number of halogens is 1. The van der Waals surface area contributed by atoms with E-state index >= 15 is 0 Å². The summed E-state index contributed by atoms with van der Waals surface area (Å²) in [7, 11) is 0. The van der Waals surface area contributed by atoms with Crippen LogP contribution in [0, 0.1) is 0 Å². The molecule has 1 aromatic carbocycles. The van der Waals surface area contributed by atoms with Crippen molar-refractivity contribution >= 4 is 23.7 Å². The van der Waals surface area contributed by atoms with Crippen LogP contribution in [0.25, 0.3) is 10.6 Å². The molecule has 5 heteroatoms. The zero-order chi connectivity index (χ0) is 13.9. The Kier molecular flexibility index (Phi) is 5.76. The molecular formula is C16H22ClN3S. The van der Waals surface area contributed by atoms with E-state index in [1.165, 1.54) is 11.3 Å². The average molecular weight is 324 g/mol. The van der Waals surface area contributed by atoms with Crippen LogP contribution < -0.4 is 5.32 Å². The highest BCUT2D eigenvalue weighted by Crippen LogP contribution is 2.24. The molecular weight excluding hydrogens is 302 g/mol. The summed E-state index contributed by atoms with van der Waals surface area (Å²) in [6, 6.07) is 11.5. The SMILES string of the molecule is CC1CN(Cc2csc(-c3ccccc3)n2)CC(C)N1.Cl. The molecule has 2 heterocycles. The largest absolute Gasteiger partial charge is 0.309 e. The highest BCUT2D eigenvalue weighted by Gasteiger charge is 2.21. The Morgan fingerprint density at radius 1 is 1.19 bits per heavy atom. The van der Waals surface area contributed by atoms with Gasteiger partial charge in [0.25, 0.3) is 0 Å². The maximum Gasteiger partial charge on any atom is 0.123 e. The van der Waals surface area contributed by atoms with Crippen LogP contribution in [0.5, 0.6) is 0 Å². The van der Waals surface area contributed by atoms with Crippen molar-refractivity contribution in [1.29, 1.82) is 0 Å². The van der Waals surface area contributed by atoms with Gasteiger partial charge in [0.1, 0.15) is 5.01 Å². The second-order valence-electron chi connectivity index (χ2n) is 5.67. The third-order valence-corrected chi connectivity index (χ3v) is 4.53. The molecule has 2 atom stereocenters. The second kappa shape index (κ2) is 7.36. The monoisotopic (exact) mass is 323 g/mol. The van der Waals surface area contributed by atoms with Gasteiger partial charge in [0.2, 0.25) is 0 Å². The maximum atomic E-state index is 4.78. The molecule has 21 heavy (non-hydrogen) atoms. The molecule has 1 aromatic heterocycles. The van der Waals surface area contributed by atoms with E-state index in [1.54, 1.807) is 11.3 Å². The molecule has 1 N–H and O–H groups in total. The van der Waals surface area contributed by atoms with Gasteiger partial charge in [0, 0.05) is 42.7 Å². The minimum absolute atomic E-state index is 0. The zero-order valence-electron chi connectivity index (χ0n) is 12.5. The molecule has 0 bridgehead atoms. The Hall–Kier alpha value is -0.940. The van der Waals surface area contributed by atoms with Gasteiger partial charge in [-0.15, -0.1) is 23.7 Å². The number of hydrogen-bond acceptors (Lipinski definition) is 4. The number of hydrogen-bond donors (Lipinski definition) is 1. The minimum Gasteiger partial charge on any atom is -0.309 e. The second-order valence-corrected chi connectivity index (χ2v) is 6.53. The lowest BCUT2D eigenvalue weighted by Crippen LogP contribution is -2.53. The van der Waals surface area contributed by atoms with Crippen molar-refractivity contribution in [2.45, 2.75) is 32.5 Å². The van der Waals surface area contributed by atoms with Gasteiger partial charge < -0.3 is 5.32 Å². The number of aromatic nitrogens is 1. The standard InChI is InChI=1S/C16H21N3S.ClH/c1-12-8-19(9-13(2)17-12)10-15-11-20-16(18-15)14-6-4-3-5-7-14;/h3-7,11-13,17H,8-10H2,1-2H3;1H. The lowest BCUT2D eigenvalue weighted by atomic mass is 10.1. The fraction of sp³-hybridized carbons (Fsp3) is 0.438. The topological polar surface area (TPSA) is 28.2 Å². The fourth-order valence-corrected chi connectivity index (χ4v) is 3.71.